The molecule has 1 aliphatic rings. The van der Waals surface area contributed by atoms with Crippen LogP contribution in [0.2, 0.25) is 0 Å². The van der Waals surface area contributed by atoms with Crippen molar-refractivity contribution in [3.63, 3.8) is 0 Å². The minimum Gasteiger partial charge on any atom is -0.491 e. The van der Waals surface area contributed by atoms with E-state index in [1.807, 2.05) is 42.6 Å². The number of nitrogens with zero attached hydrogens (tertiary/aromatic N) is 3. The topological polar surface area (TPSA) is 78.1 Å². The summed E-state index contributed by atoms with van der Waals surface area (Å²) in [5, 5.41) is 16.4. The average molecular weight is 392 g/mol. The van der Waals surface area contributed by atoms with Crippen LogP contribution >= 0.6 is 0 Å². The first-order valence-corrected chi connectivity index (χ1v) is 10.5. The monoisotopic (exact) mass is 391 g/mol. The van der Waals surface area contributed by atoms with E-state index in [-0.39, 0.29) is 6.10 Å². The van der Waals surface area contributed by atoms with Gasteiger partial charge in [0.15, 0.2) is 11.5 Å². The number of aromatic nitrogens is 3. The van der Waals surface area contributed by atoms with Crippen LogP contribution < -0.4 is 10.1 Å². The maximum atomic E-state index is 9.45. The lowest BCUT2D eigenvalue weighted by molar-refractivity contribution is 0.242. The number of imidazole rings is 1. The second kappa shape index (κ2) is 7.82. The van der Waals surface area contributed by atoms with E-state index in [0.717, 1.165) is 29.2 Å². The number of aromatic amines is 1. The fourth-order valence-corrected chi connectivity index (χ4v) is 4.26. The van der Waals surface area contributed by atoms with Crippen LogP contribution in [0.25, 0.3) is 16.9 Å². The van der Waals surface area contributed by atoms with Crippen molar-refractivity contribution in [3.8, 4) is 23.1 Å². The summed E-state index contributed by atoms with van der Waals surface area (Å²) in [7, 11) is 0. The highest BCUT2D eigenvalue weighted by molar-refractivity contribution is 5.78. The van der Waals surface area contributed by atoms with Crippen LogP contribution in [0.3, 0.4) is 0 Å². The summed E-state index contributed by atoms with van der Waals surface area (Å²) >= 11 is 0. The van der Waals surface area contributed by atoms with Gasteiger partial charge in [-0.05, 0) is 56.4 Å². The largest absolute Gasteiger partial charge is 0.491 e. The average Bonchev–Trinajstić information content (AvgIpc) is 3.25. The zero-order valence-electron chi connectivity index (χ0n) is 17.6. The summed E-state index contributed by atoms with van der Waals surface area (Å²) in [5.41, 5.74) is 3.06. The Bertz CT molecular complexity index is 1020. The Kier molecular flexibility index (Phi) is 5.23. The number of nitriles is 1. The van der Waals surface area contributed by atoms with Crippen molar-refractivity contribution in [1.82, 2.24) is 14.6 Å². The highest BCUT2D eigenvalue weighted by Crippen LogP contribution is 2.36. The van der Waals surface area contributed by atoms with E-state index in [1.54, 1.807) is 6.20 Å². The van der Waals surface area contributed by atoms with Gasteiger partial charge in [-0.1, -0.05) is 26.7 Å². The van der Waals surface area contributed by atoms with Crippen molar-refractivity contribution in [2.75, 3.05) is 5.32 Å². The standard InChI is InChI=1S/C23H29N5O/c1-14(2)29-19-10-8-17(9-11-19)21-23(26-20-7-5-6-15(3)16(20)4)28-22(27-21)18(12-24)13-25-28/h8-11,13-16,20,25-26H,5-7H2,1-4H3/t15-,16-,20-/m1/s1. The van der Waals surface area contributed by atoms with Gasteiger partial charge in [0.1, 0.15) is 23.1 Å². The number of rotatable bonds is 5. The van der Waals surface area contributed by atoms with Crippen LogP contribution in [-0.4, -0.2) is 26.7 Å². The zero-order valence-corrected chi connectivity index (χ0v) is 17.6. The molecule has 1 aromatic carbocycles. The minimum atomic E-state index is 0.136. The second-order valence-electron chi connectivity index (χ2n) is 8.48. The van der Waals surface area contributed by atoms with Gasteiger partial charge in [0.05, 0.1) is 6.10 Å². The van der Waals surface area contributed by atoms with Crippen molar-refractivity contribution in [1.29, 1.82) is 5.26 Å². The molecule has 0 bridgehead atoms. The van der Waals surface area contributed by atoms with Crippen molar-refractivity contribution >= 4 is 11.5 Å². The molecule has 6 nitrogen and oxygen atoms in total. The van der Waals surface area contributed by atoms with E-state index in [2.05, 4.69) is 30.3 Å². The Morgan fingerprint density at radius 3 is 2.69 bits per heavy atom. The van der Waals surface area contributed by atoms with Crippen LogP contribution in [-0.2, 0) is 0 Å². The van der Waals surface area contributed by atoms with Crippen molar-refractivity contribution < 1.29 is 4.74 Å². The number of hydrogen-bond acceptors (Lipinski definition) is 4. The molecule has 29 heavy (non-hydrogen) atoms. The van der Waals surface area contributed by atoms with E-state index in [1.165, 1.54) is 12.8 Å². The van der Waals surface area contributed by atoms with Crippen LogP contribution in [0, 0.1) is 23.2 Å². The summed E-state index contributed by atoms with van der Waals surface area (Å²) in [6.07, 6.45) is 5.51. The molecule has 0 unspecified atom stereocenters. The quantitative estimate of drug-likeness (QED) is 0.625. The fourth-order valence-electron chi connectivity index (χ4n) is 4.26. The molecule has 2 N–H and O–H groups in total. The number of benzene rings is 1. The van der Waals surface area contributed by atoms with Crippen LogP contribution in [0.1, 0.15) is 52.5 Å². The second-order valence-corrected chi connectivity index (χ2v) is 8.48. The van der Waals surface area contributed by atoms with E-state index in [0.29, 0.717) is 29.1 Å². The molecule has 2 heterocycles. The maximum absolute atomic E-state index is 9.45. The predicted molar refractivity (Wildman–Crippen MR) is 115 cm³/mol. The van der Waals surface area contributed by atoms with Gasteiger partial charge in [-0.25, -0.2) is 9.50 Å². The molecule has 3 atom stereocenters. The molecular weight excluding hydrogens is 362 g/mol. The van der Waals surface area contributed by atoms with Crippen LogP contribution in [0.5, 0.6) is 5.75 Å². The first kappa shape index (κ1) is 19.4. The molecule has 0 aliphatic heterocycles. The molecule has 1 saturated carbocycles. The Balaban J connectivity index is 1.74. The van der Waals surface area contributed by atoms with Gasteiger partial charge in [-0.3, -0.25) is 5.10 Å². The van der Waals surface area contributed by atoms with Crippen molar-refractivity contribution in [2.24, 2.45) is 11.8 Å². The van der Waals surface area contributed by atoms with Gasteiger partial charge in [0.2, 0.25) is 0 Å². The van der Waals surface area contributed by atoms with E-state index < -0.39 is 0 Å². The van der Waals surface area contributed by atoms with Crippen molar-refractivity contribution in [3.05, 3.63) is 36.0 Å². The Morgan fingerprint density at radius 1 is 1.24 bits per heavy atom. The van der Waals surface area contributed by atoms with Gasteiger partial charge in [0, 0.05) is 17.8 Å². The van der Waals surface area contributed by atoms with E-state index in [4.69, 9.17) is 9.72 Å². The third-order valence-electron chi connectivity index (χ3n) is 6.11. The maximum Gasteiger partial charge on any atom is 0.173 e. The lowest BCUT2D eigenvalue weighted by Crippen LogP contribution is -2.35. The summed E-state index contributed by atoms with van der Waals surface area (Å²) in [5.74, 6) is 3.04. The third kappa shape index (κ3) is 3.69. The number of fused-ring (bicyclic) bond motifs is 1. The van der Waals surface area contributed by atoms with Gasteiger partial charge in [-0.15, -0.1) is 0 Å². The Labute approximate surface area is 171 Å². The smallest absolute Gasteiger partial charge is 0.173 e. The van der Waals surface area contributed by atoms with Gasteiger partial charge < -0.3 is 10.1 Å². The van der Waals surface area contributed by atoms with E-state index in [9.17, 15) is 5.26 Å². The molecule has 0 radical (unpaired) electrons. The van der Waals surface area contributed by atoms with Crippen LogP contribution in [0.4, 0.5) is 5.82 Å². The molecule has 2 aromatic heterocycles. The van der Waals surface area contributed by atoms with Gasteiger partial charge >= 0.3 is 0 Å². The SMILES string of the molecule is CC(C)Oc1ccc(-c2nc3c(C#N)c[nH]n3c2N[C@@H]2CCC[C@@H](C)[C@H]2C)cc1. The number of nitrogens with one attached hydrogen (secondary N) is 2. The highest BCUT2D eigenvalue weighted by atomic mass is 16.5. The summed E-state index contributed by atoms with van der Waals surface area (Å²) in [6, 6.07) is 10.6. The number of ether oxygens (including phenoxy) is 1. The molecule has 0 spiro atoms. The van der Waals surface area contributed by atoms with Gasteiger partial charge in [0.25, 0.3) is 0 Å². The van der Waals surface area contributed by atoms with Crippen molar-refractivity contribution in [2.45, 2.75) is 59.1 Å². The molecular formula is C23H29N5O. The fraction of sp³-hybridized carbons (Fsp3) is 0.478. The molecule has 6 heteroatoms. The third-order valence-corrected chi connectivity index (χ3v) is 6.11. The molecule has 152 valence electrons. The molecule has 0 saturated heterocycles. The Hall–Kier alpha value is -2.94. The Morgan fingerprint density at radius 2 is 2.00 bits per heavy atom. The lowest BCUT2D eigenvalue weighted by Gasteiger charge is -2.35. The highest BCUT2D eigenvalue weighted by Gasteiger charge is 2.29. The predicted octanol–water partition coefficient (Wildman–Crippen LogP) is 5.22. The molecule has 4 rings (SSSR count). The molecule has 1 aliphatic carbocycles. The number of anilines is 1. The summed E-state index contributed by atoms with van der Waals surface area (Å²) in [4.78, 5) is 4.82. The molecule has 0 amide bonds. The molecule has 3 aromatic rings. The minimum absolute atomic E-state index is 0.136. The number of hydrogen-bond donors (Lipinski definition) is 2. The normalized spacial score (nSPS) is 22.0. The summed E-state index contributed by atoms with van der Waals surface area (Å²) < 4.78 is 7.67. The molecule has 1 fully saturated rings. The lowest BCUT2D eigenvalue weighted by atomic mass is 9.78. The summed E-state index contributed by atoms with van der Waals surface area (Å²) in [6.45, 7) is 8.70. The van der Waals surface area contributed by atoms with Gasteiger partial charge in [-0.2, -0.15) is 5.26 Å². The zero-order chi connectivity index (χ0) is 20.5. The first-order chi connectivity index (χ1) is 14.0. The van der Waals surface area contributed by atoms with E-state index >= 15 is 0 Å². The van der Waals surface area contributed by atoms with Crippen LogP contribution in [0.15, 0.2) is 30.5 Å². The number of H-pyrrole nitrogens is 1. The first-order valence-electron chi connectivity index (χ1n) is 10.5.